The summed E-state index contributed by atoms with van der Waals surface area (Å²) >= 11 is 3.37. The molecule has 0 saturated carbocycles. The topological polar surface area (TPSA) is 65.0 Å². The van der Waals surface area contributed by atoms with Crippen molar-refractivity contribution in [2.45, 2.75) is 6.92 Å². The van der Waals surface area contributed by atoms with Gasteiger partial charge in [-0.3, -0.25) is 0 Å². The van der Waals surface area contributed by atoms with Crippen molar-refractivity contribution in [2.24, 2.45) is 0 Å². The van der Waals surface area contributed by atoms with Gasteiger partial charge in [0.15, 0.2) is 5.69 Å². The zero-order valence-corrected chi connectivity index (χ0v) is 11.0. The van der Waals surface area contributed by atoms with E-state index in [9.17, 15) is 0 Å². The summed E-state index contributed by atoms with van der Waals surface area (Å²) < 4.78 is 11.5. The van der Waals surface area contributed by atoms with Gasteiger partial charge in [0.1, 0.15) is 5.76 Å². The third-order valence-electron chi connectivity index (χ3n) is 2.36. The van der Waals surface area contributed by atoms with Gasteiger partial charge in [0.2, 0.25) is 5.89 Å². The summed E-state index contributed by atoms with van der Waals surface area (Å²) in [6.45, 7) is 1.81. The minimum absolute atomic E-state index is 0.352. The molecule has 0 aliphatic heterocycles. The molecule has 6 heteroatoms. The molecular weight excluding hydrogens is 298 g/mol. The van der Waals surface area contributed by atoms with Gasteiger partial charge in [0.05, 0.1) is 0 Å². The Bertz CT molecular complexity index is 673. The number of aryl methyl sites for hydroxylation is 1. The minimum Gasteiger partial charge on any atom is -0.414 e. The highest BCUT2D eigenvalue weighted by atomic mass is 79.9. The van der Waals surface area contributed by atoms with E-state index in [2.05, 4.69) is 31.3 Å². The molecule has 0 aliphatic rings. The summed E-state index contributed by atoms with van der Waals surface area (Å²) in [5.74, 6) is 1.51. The van der Waals surface area contributed by atoms with Gasteiger partial charge in [-0.1, -0.05) is 21.1 Å². The van der Waals surface area contributed by atoms with E-state index in [1.807, 2.05) is 31.2 Å². The lowest BCUT2D eigenvalue weighted by molar-refractivity contribution is 0.397. The Labute approximate surface area is 111 Å². The first-order chi connectivity index (χ1) is 8.72. The van der Waals surface area contributed by atoms with Crippen LogP contribution in [0, 0.1) is 6.92 Å². The van der Waals surface area contributed by atoms with Gasteiger partial charge in [-0.05, 0) is 31.2 Å². The van der Waals surface area contributed by atoms with Gasteiger partial charge < -0.3 is 8.94 Å². The van der Waals surface area contributed by atoms with Crippen molar-refractivity contribution in [1.29, 1.82) is 0 Å². The number of rotatable bonds is 2. The van der Waals surface area contributed by atoms with Crippen molar-refractivity contribution in [3.63, 3.8) is 0 Å². The monoisotopic (exact) mass is 305 g/mol. The third kappa shape index (κ3) is 2.06. The van der Waals surface area contributed by atoms with Crippen LogP contribution in [0.5, 0.6) is 0 Å². The Morgan fingerprint density at radius 2 is 1.78 bits per heavy atom. The third-order valence-corrected chi connectivity index (χ3v) is 2.89. The SMILES string of the molecule is Cc1cc(-c2nnc(-c3ccc(Br)cc3)o2)no1. The van der Waals surface area contributed by atoms with Crippen LogP contribution in [-0.2, 0) is 0 Å². The molecule has 0 saturated heterocycles. The van der Waals surface area contributed by atoms with E-state index >= 15 is 0 Å². The first kappa shape index (κ1) is 11.2. The van der Waals surface area contributed by atoms with Crippen molar-refractivity contribution in [3.05, 3.63) is 40.6 Å². The normalized spacial score (nSPS) is 10.8. The molecule has 1 aromatic carbocycles. The Hall–Kier alpha value is -1.95. The summed E-state index contributed by atoms with van der Waals surface area (Å²) in [6.07, 6.45) is 0. The molecule has 3 aromatic rings. The second-order valence-electron chi connectivity index (χ2n) is 3.74. The maximum atomic E-state index is 5.55. The van der Waals surface area contributed by atoms with Crippen molar-refractivity contribution in [3.8, 4) is 23.0 Å². The van der Waals surface area contributed by atoms with E-state index in [0.29, 0.717) is 23.2 Å². The van der Waals surface area contributed by atoms with Crippen LogP contribution in [0.15, 0.2) is 43.7 Å². The molecule has 0 radical (unpaired) electrons. The van der Waals surface area contributed by atoms with E-state index in [-0.39, 0.29) is 0 Å². The number of benzene rings is 1. The molecule has 0 unspecified atom stereocenters. The minimum atomic E-state index is 0.352. The Kier molecular flexibility index (Phi) is 2.71. The van der Waals surface area contributed by atoms with E-state index in [4.69, 9.17) is 8.94 Å². The van der Waals surface area contributed by atoms with E-state index in [1.54, 1.807) is 6.07 Å². The molecule has 0 aliphatic carbocycles. The largest absolute Gasteiger partial charge is 0.414 e. The predicted molar refractivity (Wildman–Crippen MR) is 67.7 cm³/mol. The van der Waals surface area contributed by atoms with Crippen LogP contribution < -0.4 is 0 Å². The van der Waals surface area contributed by atoms with Crippen molar-refractivity contribution >= 4 is 15.9 Å². The fourth-order valence-corrected chi connectivity index (χ4v) is 1.77. The fraction of sp³-hybridized carbons (Fsp3) is 0.0833. The molecule has 2 aromatic heterocycles. The molecule has 0 fully saturated rings. The van der Waals surface area contributed by atoms with E-state index in [1.165, 1.54) is 0 Å². The fourth-order valence-electron chi connectivity index (χ4n) is 1.50. The second kappa shape index (κ2) is 4.38. The molecule has 0 amide bonds. The molecule has 18 heavy (non-hydrogen) atoms. The van der Waals surface area contributed by atoms with E-state index < -0.39 is 0 Å². The summed E-state index contributed by atoms with van der Waals surface area (Å²) in [4.78, 5) is 0. The molecule has 3 rings (SSSR count). The van der Waals surface area contributed by atoms with Crippen LogP contribution in [0.2, 0.25) is 0 Å². The van der Waals surface area contributed by atoms with Crippen LogP contribution in [-0.4, -0.2) is 15.4 Å². The standard InChI is InChI=1S/C12H8BrN3O2/c1-7-6-10(16-18-7)12-15-14-11(17-12)8-2-4-9(13)5-3-8/h2-6H,1H3. The van der Waals surface area contributed by atoms with Gasteiger partial charge in [-0.15, -0.1) is 10.2 Å². The smallest absolute Gasteiger partial charge is 0.270 e. The van der Waals surface area contributed by atoms with Crippen LogP contribution in [0.25, 0.3) is 23.0 Å². The molecule has 0 N–H and O–H groups in total. The summed E-state index contributed by atoms with van der Waals surface area (Å²) in [6, 6.07) is 9.38. The van der Waals surface area contributed by atoms with Gasteiger partial charge in [0.25, 0.3) is 5.89 Å². The van der Waals surface area contributed by atoms with Gasteiger partial charge in [0, 0.05) is 16.1 Å². The number of hydrogen-bond donors (Lipinski definition) is 0. The Morgan fingerprint density at radius 1 is 1.06 bits per heavy atom. The predicted octanol–water partition coefficient (Wildman–Crippen LogP) is 3.46. The zero-order chi connectivity index (χ0) is 12.5. The lowest BCUT2D eigenvalue weighted by Gasteiger charge is -1.93. The maximum Gasteiger partial charge on any atom is 0.270 e. The maximum absolute atomic E-state index is 5.55. The Balaban J connectivity index is 1.96. The molecule has 5 nitrogen and oxygen atoms in total. The first-order valence-corrected chi connectivity index (χ1v) is 6.05. The molecule has 0 spiro atoms. The highest BCUT2D eigenvalue weighted by molar-refractivity contribution is 9.10. The summed E-state index contributed by atoms with van der Waals surface area (Å²) in [5, 5.41) is 11.8. The van der Waals surface area contributed by atoms with Crippen molar-refractivity contribution in [2.75, 3.05) is 0 Å². The lowest BCUT2D eigenvalue weighted by Crippen LogP contribution is -1.76. The van der Waals surface area contributed by atoms with Crippen LogP contribution >= 0.6 is 15.9 Å². The number of aromatic nitrogens is 3. The molecule has 0 bridgehead atoms. The average Bonchev–Trinajstić information content (AvgIpc) is 2.98. The molecule has 2 heterocycles. The zero-order valence-electron chi connectivity index (χ0n) is 9.42. The highest BCUT2D eigenvalue weighted by Gasteiger charge is 2.13. The first-order valence-electron chi connectivity index (χ1n) is 5.25. The van der Waals surface area contributed by atoms with Gasteiger partial charge >= 0.3 is 0 Å². The van der Waals surface area contributed by atoms with Crippen molar-refractivity contribution < 1.29 is 8.94 Å². The van der Waals surface area contributed by atoms with Crippen LogP contribution in [0.1, 0.15) is 5.76 Å². The number of hydrogen-bond acceptors (Lipinski definition) is 5. The van der Waals surface area contributed by atoms with E-state index in [0.717, 1.165) is 10.0 Å². The van der Waals surface area contributed by atoms with Crippen LogP contribution in [0.4, 0.5) is 0 Å². The second-order valence-corrected chi connectivity index (χ2v) is 4.66. The highest BCUT2D eigenvalue weighted by Crippen LogP contribution is 2.24. The summed E-state index contributed by atoms with van der Waals surface area (Å²) in [7, 11) is 0. The van der Waals surface area contributed by atoms with Crippen LogP contribution in [0.3, 0.4) is 0 Å². The molecule has 0 atom stereocenters. The van der Waals surface area contributed by atoms with Crippen molar-refractivity contribution in [1.82, 2.24) is 15.4 Å². The lowest BCUT2D eigenvalue weighted by atomic mass is 10.2. The van der Waals surface area contributed by atoms with Gasteiger partial charge in [-0.2, -0.15) is 0 Å². The van der Waals surface area contributed by atoms with Gasteiger partial charge in [-0.25, -0.2) is 0 Å². The Morgan fingerprint density at radius 3 is 2.44 bits per heavy atom. The number of nitrogens with zero attached hydrogens (tertiary/aromatic N) is 3. The average molecular weight is 306 g/mol. The molecule has 90 valence electrons. The summed E-state index contributed by atoms with van der Waals surface area (Å²) in [5.41, 5.74) is 1.40. The quantitative estimate of drug-likeness (QED) is 0.725. The molecular formula is C12H8BrN3O2. The number of halogens is 1.